The van der Waals surface area contributed by atoms with E-state index in [4.69, 9.17) is 4.74 Å². The highest BCUT2D eigenvalue weighted by atomic mass is 32.2. The van der Waals surface area contributed by atoms with Gasteiger partial charge in [-0.3, -0.25) is 4.21 Å². The van der Waals surface area contributed by atoms with E-state index in [1.165, 1.54) is 29.5 Å². The Morgan fingerprint density at radius 3 is 1.97 bits per heavy atom. The Morgan fingerprint density at radius 1 is 0.886 bits per heavy atom. The van der Waals surface area contributed by atoms with Gasteiger partial charge in [0.15, 0.2) is 0 Å². The van der Waals surface area contributed by atoms with Gasteiger partial charge in [0.1, 0.15) is 17.2 Å². The molecule has 0 saturated carbocycles. The molecule has 0 radical (unpaired) electrons. The molecule has 0 heterocycles. The van der Waals surface area contributed by atoms with Gasteiger partial charge in [-0.25, -0.2) is 0 Å². The van der Waals surface area contributed by atoms with Crippen molar-refractivity contribution in [1.82, 2.24) is 0 Å². The lowest BCUT2D eigenvalue weighted by molar-refractivity contribution is -0.274. The van der Waals surface area contributed by atoms with Crippen LogP contribution in [-0.2, 0) is 16.2 Å². The topological polar surface area (TPSA) is 35.5 Å². The Balaban J connectivity index is 2.00. The van der Waals surface area contributed by atoms with E-state index in [0.29, 0.717) is 21.3 Å². The Morgan fingerprint density at radius 2 is 1.46 bits per heavy atom. The summed E-state index contributed by atoms with van der Waals surface area (Å²) in [5.74, 6) is 0.895. The van der Waals surface area contributed by atoms with Crippen LogP contribution in [0.25, 0.3) is 17.2 Å². The maximum Gasteiger partial charge on any atom is 0.573 e. The highest BCUT2D eigenvalue weighted by Gasteiger charge is 2.31. The molecular weight excluding hydrogens is 493 g/mol. The van der Waals surface area contributed by atoms with Crippen molar-refractivity contribution in [2.24, 2.45) is 0 Å². The molecule has 3 aromatic rings. The zero-order valence-corrected chi connectivity index (χ0v) is 21.7. The van der Waals surface area contributed by atoms with E-state index in [1.807, 2.05) is 54.8 Å². The molecule has 3 nitrogen and oxygen atoms in total. The number of hydrogen-bond donors (Lipinski definition) is 0. The summed E-state index contributed by atoms with van der Waals surface area (Å²) < 4.78 is 60.4. The van der Waals surface area contributed by atoms with Crippen molar-refractivity contribution in [1.29, 1.82) is 0 Å². The van der Waals surface area contributed by atoms with Gasteiger partial charge in [0.05, 0.1) is 15.0 Å². The number of benzene rings is 3. The highest BCUT2D eigenvalue weighted by Crippen LogP contribution is 2.35. The second kappa shape index (κ2) is 10.9. The summed E-state index contributed by atoms with van der Waals surface area (Å²) in [4.78, 5) is 0. The van der Waals surface area contributed by atoms with Crippen LogP contribution in [0.5, 0.6) is 17.2 Å². The molecule has 0 bridgehead atoms. The number of halogens is 3. The van der Waals surface area contributed by atoms with Gasteiger partial charge in [-0.2, -0.15) is 0 Å². The number of rotatable bonds is 7. The van der Waals surface area contributed by atoms with Gasteiger partial charge in [0.2, 0.25) is 0 Å². The smallest absolute Gasteiger partial charge is 0.457 e. The van der Waals surface area contributed by atoms with Crippen LogP contribution in [0.15, 0.2) is 71.0 Å². The van der Waals surface area contributed by atoms with Gasteiger partial charge >= 0.3 is 6.36 Å². The van der Waals surface area contributed by atoms with Crippen molar-refractivity contribution in [3.8, 4) is 28.4 Å². The molecular formula is C27H27F3O3S2. The zero-order chi connectivity index (χ0) is 25.8. The second-order valence-electron chi connectivity index (χ2n) is 8.82. The summed E-state index contributed by atoms with van der Waals surface area (Å²) in [5.41, 5.74) is 3.38. The van der Waals surface area contributed by atoms with Crippen molar-refractivity contribution in [3.63, 3.8) is 0 Å². The first-order chi connectivity index (χ1) is 16.4. The molecule has 3 rings (SSSR count). The van der Waals surface area contributed by atoms with E-state index in [9.17, 15) is 17.4 Å². The van der Waals surface area contributed by atoms with Gasteiger partial charge in [-0.05, 0) is 64.8 Å². The van der Waals surface area contributed by atoms with Gasteiger partial charge in [0.25, 0.3) is 0 Å². The fourth-order valence-electron chi connectivity index (χ4n) is 3.31. The third-order valence-electron chi connectivity index (χ3n) is 5.14. The molecule has 186 valence electrons. The fourth-order valence-corrected chi connectivity index (χ4v) is 4.78. The minimum atomic E-state index is -4.74. The molecule has 0 saturated heterocycles. The summed E-state index contributed by atoms with van der Waals surface area (Å²) >= 11 is 1.40. The number of hydrogen-bond acceptors (Lipinski definition) is 4. The predicted octanol–water partition coefficient (Wildman–Crippen LogP) is 8.38. The number of thioether (sulfide) groups is 1. The van der Waals surface area contributed by atoms with E-state index in [2.05, 4.69) is 25.5 Å². The van der Waals surface area contributed by atoms with Gasteiger partial charge in [0, 0.05) is 11.8 Å². The van der Waals surface area contributed by atoms with E-state index < -0.39 is 17.2 Å². The van der Waals surface area contributed by atoms with Crippen molar-refractivity contribution in [2.75, 3.05) is 12.5 Å². The van der Waals surface area contributed by atoms with Crippen LogP contribution in [0.3, 0.4) is 0 Å². The first-order valence-corrected chi connectivity index (χ1v) is 13.5. The normalized spacial score (nSPS) is 13.4. The van der Waals surface area contributed by atoms with E-state index >= 15 is 0 Å². The van der Waals surface area contributed by atoms with Gasteiger partial charge in [-0.1, -0.05) is 57.2 Å². The Hall–Kier alpha value is -2.71. The Labute approximate surface area is 210 Å². The Bertz CT molecular complexity index is 1210. The maximum atomic E-state index is 12.5. The summed E-state index contributed by atoms with van der Waals surface area (Å²) in [6.07, 6.45) is 0.558. The first-order valence-electron chi connectivity index (χ1n) is 10.7. The lowest BCUT2D eigenvalue weighted by Crippen LogP contribution is -2.16. The highest BCUT2D eigenvalue weighted by molar-refractivity contribution is 8.16. The molecule has 1 atom stereocenters. The molecule has 0 spiro atoms. The Kier molecular flexibility index (Phi) is 8.38. The summed E-state index contributed by atoms with van der Waals surface area (Å²) in [5, 5.41) is 0. The van der Waals surface area contributed by atoms with E-state index in [0.717, 1.165) is 11.1 Å². The minimum absolute atomic E-state index is 0.00672. The molecule has 0 aromatic heterocycles. The largest absolute Gasteiger partial charge is 0.573 e. The third-order valence-corrected chi connectivity index (χ3v) is 7.55. The summed E-state index contributed by atoms with van der Waals surface area (Å²) in [7, 11) is -1.16. The van der Waals surface area contributed by atoms with Crippen LogP contribution in [0.1, 0.15) is 31.9 Å². The van der Waals surface area contributed by atoms with Crippen molar-refractivity contribution in [3.05, 3.63) is 82.1 Å². The lowest BCUT2D eigenvalue weighted by Gasteiger charge is -2.19. The molecule has 0 N–H and O–H groups in total. The predicted molar refractivity (Wildman–Crippen MR) is 139 cm³/mol. The molecule has 0 aliphatic heterocycles. The second-order valence-corrected chi connectivity index (χ2v) is 11.3. The third kappa shape index (κ3) is 7.64. The van der Waals surface area contributed by atoms with Gasteiger partial charge < -0.3 is 9.47 Å². The van der Waals surface area contributed by atoms with E-state index in [1.54, 1.807) is 18.4 Å². The standard InChI is InChI=1S/C27H27F3O3S2/c1-26(2,3)21-10-14-22(15-11-21)32-24-16-19(6-7-20(24)17-25(34-4)35(5)31)18-8-12-23(13-9-18)33-27(28,29)30/h6-17H,1-5H3. The monoisotopic (exact) mass is 520 g/mol. The van der Waals surface area contributed by atoms with Crippen LogP contribution in [0.4, 0.5) is 13.2 Å². The minimum Gasteiger partial charge on any atom is -0.457 e. The molecule has 1 unspecified atom stereocenters. The molecule has 0 aliphatic carbocycles. The molecule has 3 aromatic carbocycles. The van der Waals surface area contributed by atoms with Crippen LogP contribution in [0.2, 0.25) is 0 Å². The summed E-state index contributed by atoms with van der Waals surface area (Å²) in [6, 6.07) is 19.0. The molecule has 35 heavy (non-hydrogen) atoms. The SMILES string of the molecule is CSC(=Cc1ccc(-c2ccc(OC(F)(F)F)cc2)cc1Oc1ccc(C(C)(C)C)cc1)S(C)=O. The van der Waals surface area contributed by atoms with E-state index in [-0.39, 0.29) is 11.2 Å². The van der Waals surface area contributed by atoms with Gasteiger partial charge in [-0.15, -0.1) is 24.9 Å². The van der Waals surface area contributed by atoms with Crippen LogP contribution < -0.4 is 9.47 Å². The van der Waals surface area contributed by atoms with Crippen LogP contribution >= 0.6 is 11.8 Å². The van der Waals surface area contributed by atoms with Crippen LogP contribution in [0, 0.1) is 0 Å². The average Bonchev–Trinajstić information content (AvgIpc) is 2.77. The molecule has 0 amide bonds. The number of ether oxygens (including phenoxy) is 2. The summed E-state index contributed by atoms with van der Waals surface area (Å²) in [6.45, 7) is 6.40. The fraction of sp³-hybridized carbons (Fsp3) is 0.259. The molecule has 0 aliphatic rings. The van der Waals surface area contributed by atoms with Crippen molar-refractivity contribution >= 4 is 28.6 Å². The number of alkyl halides is 3. The van der Waals surface area contributed by atoms with Crippen molar-refractivity contribution in [2.45, 2.75) is 32.5 Å². The quantitative estimate of drug-likeness (QED) is 0.313. The zero-order valence-electron chi connectivity index (χ0n) is 20.1. The maximum absolute atomic E-state index is 12.5. The van der Waals surface area contributed by atoms with Crippen LogP contribution in [-0.4, -0.2) is 23.1 Å². The first kappa shape index (κ1) is 26.9. The lowest BCUT2D eigenvalue weighted by atomic mass is 9.87. The van der Waals surface area contributed by atoms with Crippen molar-refractivity contribution < 1.29 is 26.9 Å². The molecule has 8 heteroatoms. The molecule has 0 fully saturated rings. The average molecular weight is 521 g/mol.